The number of carbonyl (C=O) groups excluding carboxylic acids is 2. The Kier molecular flexibility index (Phi) is 6.18. The van der Waals surface area contributed by atoms with E-state index in [2.05, 4.69) is 10.6 Å². The van der Waals surface area contributed by atoms with Gasteiger partial charge >= 0.3 is 0 Å². The van der Waals surface area contributed by atoms with E-state index in [4.69, 9.17) is 5.73 Å². The summed E-state index contributed by atoms with van der Waals surface area (Å²) in [6, 6.07) is 5.44. The molecular formula is C15H23N3O2. The fourth-order valence-corrected chi connectivity index (χ4v) is 1.85. The fourth-order valence-electron chi connectivity index (χ4n) is 1.85. The Labute approximate surface area is 119 Å². The van der Waals surface area contributed by atoms with Crippen LogP contribution in [0.1, 0.15) is 32.3 Å². The molecule has 20 heavy (non-hydrogen) atoms. The summed E-state index contributed by atoms with van der Waals surface area (Å²) in [5.41, 5.74) is 7.80. The standard InChI is InChI=1S/C15H23N3O2/c1-10-6-7-13(17-12(3)19)9-14(10)18-15(20)11(2)5-4-8-16/h6-7,9,11H,4-5,8,16H2,1-3H3,(H,17,19)(H,18,20). The van der Waals surface area contributed by atoms with Crippen molar-refractivity contribution in [2.45, 2.75) is 33.6 Å². The molecule has 0 spiro atoms. The van der Waals surface area contributed by atoms with E-state index in [9.17, 15) is 9.59 Å². The van der Waals surface area contributed by atoms with Crippen LogP contribution in [0.4, 0.5) is 11.4 Å². The van der Waals surface area contributed by atoms with Crippen LogP contribution in [0.5, 0.6) is 0 Å². The summed E-state index contributed by atoms with van der Waals surface area (Å²) in [6.07, 6.45) is 1.60. The van der Waals surface area contributed by atoms with Gasteiger partial charge in [0.15, 0.2) is 0 Å². The molecule has 5 nitrogen and oxygen atoms in total. The van der Waals surface area contributed by atoms with Crippen molar-refractivity contribution < 1.29 is 9.59 Å². The molecule has 0 bridgehead atoms. The van der Waals surface area contributed by atoms with Gasteiger partial charge < -0.3 is 16.4 Å². The van der Waals surface area contributed by atoms with Crippen molar-refractivity contribution in [3.05, 3.63) is 23.8 Å². The van der Waals surface area contributed by atoms with Crippen molar-refractivity contribution in [1.29, 1.82) is 0 Å². The van der Waals surface area contributed by atoms with Gasteiger partial charge in [-0.15, -0.1) is 0 Å². The lowest BCUT2D eigenvalue weighted by molar-refractivity contribution is -0.119. The smallest absolute Gasteiger partial charge is 0.227 e. The Balaban J connectivity index is 2.75. The zero-order valence-corrected chi connectivity index (χ0v) is 12.3. The highest BCUT2D eigenvalue weighted by Gasteiger charge is 2.13. The van der Waals surface area contributed by atoms with Crippen molar-refractivity contribution in [2.24, 2.45) is 11.7 Å². The molecule has 1 atom stereocenters. The average molecular weight is 277 g/mol. The number of aryl methyl sites for hydroxylation is 1. The topological polar surface area (TPSA) is 84.2 Å². The fraction of sp³-hybridized carbons (Fsp3) is 0.467. The van der Waals surface area contributed by atoms with Crippen LogP contribution in [0, 0.1) is 12.8 Å². The highest BCUT2D eigenvalue weighted by Crippen LogP contribution is 2.21. The molecule has 1 rings (SSSR count). The van der Waals surface area contributed by atoms with Crippen LogP contribution < -0.4 is 16.4 Å². The minimum Gasteiger partial charge on any atom is -0.330 e. The van der Waals surface area contributed by atoms with Gasteiger partial charge in [0.05, 0.1) is 0 Å². The van der Waals surface area contributed by atoms with Crippen molar-refractivity contribution in [1.82, 2.24) is 0 Å². The monoisotopic (exact) mass is 277 g/mol. The predicted octanol–water partition coefficient (Wildman–Crippen LogP) is 2.27. The molecule has 2 amide bonds. The molecule has 1 aromatic rings. The number of hydrogen-bond donors (Lipinski definition) is 3. The SMILES string of the molecule is CC(=O)Nc1ccc(C)c(NC(=O)C(C)CCCN)c1. The number of nitrogens with one attached hydrogen (secondary N) is 2. The first-order chi connectivity index (χ1) is 9.43. The molecular weight excluding hydrogens is 254 g/mol. The molecule has 0 saturated carbocycles. The van der Waals surface area contributed by atoms with Crippen molar-refractivity contribution >= 4 is 23.2 Å². The van der Waals surface area contributed by atoms with Crippen LogP contribution in [0.25, 0.3) is 0 Å². The summed E-state index contributed by atoms with van der Waals surface area (Å²) in [5, 5.41) is 5.60. The van der Waals surface area contributed by atoms with E-state index >= 15 is 0 Å². The molecule has 0 fully saturated rings. The zero-order chi connectivity index (χ0) is 15.1. The summed E-state index contributed by atoms with van der Waals surface area (Å²) in [6.45, 7) is 5.84. The highest BCUT2D eigenvalue weighted by molar-refractivity contribution is 5.95. The summed E-state index contributed by atoms with van der Waals surface area (Å²) in [7, 11) is 0. The minimum absolute atomic E-state index is 0.0264. The Morgan fingerprint density at radius 1 is 1.30 bits per heavy atom. The van der Waals surface area contributed by atoms with Crippen LogP contribution in [0.2, 0.25) is 0 Å². The predicted molar refractivity (Wildman–Crippen MR) is 81.6 cm³/mol. The number of rotatable bonds is 6. The molecule has 0 saturated heterocycles. The van der Waals surface area contributed by atoms with E-state index < -0.39 is 0 Å². The molecule has 0 heterocycles. The lowest BCUT2D eigenvalue weighted by atomic mass is 10.0. The molecule has 0 radical (unpaired) electrons. The molecule has 4 N–H and O–H groups in total. The summed E-state index contributed by atoms with van der Waals surface area (Å²) in [4.78, 5) is 23.1. The second-order valence-corrected chi connectivity index (χ2v) is 5.03. The molecule has 110 valence electrons. The maximum absolute atomic E-state index is 12.1. The van der Waals surface area contributed by atoms with Gasteiger partial charge in [-0.1, -0.05) is 13.0 Å². The molecule has 1 aromatic carbocycles. The minimum atomic E-state index is -0.137. The van der Waals surface area contributed by atoms with Gasteiger partial charge in [-0.05, 0) is 44.0 Å². The Bertz CT molecular complexity index is 486. The zero-order valence-electron chi connectivity index (χ0n) is 12.3. The van der Waals surface area contributed by atoms with Crippen LogP contribution in [-0.2, 0) is 9.59 Å². The maximum atomic E-state index is 12.1. The third-order valence-electron chi connectivity index (χ3n) is 3.10. The highest BCUT2D eigenvalue weighted by atomic mass is 16.2. The van der Waals surface area contributed by atoms with Gasteiger partial charge in [-0.25, -0.2) is 0 Å². The van der Waals surface area contributed by atoms with Gasteiger partial charge in [-0.2, -0.15) is 0 Å². The van der Waals surface area contributed by atoms with Crippen molar-refractivity contribution in [3.8, 4) is 0 Å². The summed E-state index contributed by atoms with van der Waals surface area (Å²) >= 11 is 0. The van der Waals surface area contributed by atoms with Crippen LogP contribution in [0.15, 0.2) is 18.2 Å². The van der Waals surface area contributed by atoms with Crippen LogP contribution >= 0.6 is 0 Å². The maximum Gasteiger partial charge on any atom is 0.227 e. The molecule has 0 aromatic heterocycles. The van der Waals surface area contributed by atoms with Gasteiger partial charge in [0, 0.05) is 24.2 Å². The molecule has 0 aliphatic rings. The van der Waals surface area contributed by atoms with E-state index in [0.29, 0.717) is 12.2 Å². The van der Waals surface area contributed by atoms with Gasteiger partial charge in [0.2, 0.25) is 11.8 Å². The number of carbonyl (C=O) groups is 2. The largest absolute Gasteiger partial charge is 0.330 e. The number of nitrogens with two attached hydrogens (primary N) is 1. The third kappa shape index (κ3) is 5.01. The summed E-state index contributed by atoms with van der Waals surface area (Å²) in [5.74, 6) is -0.244. The van der Waals surface area contributed by atoms with Crippen molar-refractivity contribution in [2.75, 3.05) is 17.2 Å². The van der Waals surface area contributed by atoms with E-state index in [-0.39, 0.29) is 17.7 Å². The summed E-state index contributed by atoms with van der Waals surface area (Å²) < 4.78 is 0. The van der Waals surface area contributed by atoms with Gasteiger partial charge in [0.25, 0.3) is 0 Å². The quantitative estimate of drug-likeness (QED) is 0.745. The lowest BCUT2D eigenvalue weighted by Crippen LogP contribution is -2.21. The Morgan fingerprint density at radius 2 is 2.00 bits per heavy atom. The number of amides is 2. The Hall–Kier alpha value is -1.88. The first-order valence-corrected chi connectivity index (χ1v) is 6.83. The van der Waals surface area contributed by atoms with Crippen LogP contribution in [0.3, 0.4) is 0 Å². The first-order valence-electron chi connectivity index (χ1n) is 6.83. The lowest BCUT2D eigenvalue weighted by Gasteiger charge is -2.14. The van der Waals surface area contributed by atoms with Gasteiger partial charge in [-0.3, -0.25) is 9.59 Å². The van der Waals surface area contributed by atoms with Gasteiger partial charge in [0.1, 0.15) is 0 Å². The van der Waals surface area contributed by atoms with Crippen molar-refractivity contribution in [3.63, 3.8) is 0 Å². The van der Waals surface area contributed by atoms with E-state index in [1.165, 1.54) is 6.92 Å². The number of anilines is 2. The average Bonchev–Trinajstić information content (AvgIpc) is 2.39. The second-order valence-electron chi connectivity index (χ2n) is 5.03. The number of benzene rings is 1. The van der Waals surface area contributed by atoms with Crippen LogP contribution in [-0.4, -0.2) is 18.4 Å². The molecule has 0 aliphatic heterocycles. The van der Waals surface area contributed by atoms with E-state index in [1.807, 2.05) is 26.0 Å². The molecule has 0 aliphatic carbocycles. The van der Waals surface area contributed by atoms with E-state index in [0.717, 1.165) is 24.1 Å². The molecule has 1 unspecified atom stereocenters. The second kappa shape index (κ2) is 7.65. The van der Waals surface area contributed by atoms with E-state index in [1.54, 1.807) is 6.07 Å². The first kappa shape index (κ1) is 16.2. The normalized spacial score (nSPS) is 11.8. The molecule has 5 heteroatoms. The number of hydrogen-bond acceptors (Lipinski definition) is 3. The third-order valence-corrected chi connectivity index (χ3v) is 3.10. The Morgan fingerprint density at radius 3 is 2.60 bits per heavy atom.